The average molecular weight is 529 g/mol. The quantitative estimate of drug-likeness (QED) is 0.118. The normalized spacial score (nSPS) is 25.7. The second-order valence-electron chi connectivity index (χ2n) is 8.66. The number of carbonyl (C=O) groups is 2. The summed E-state index contributed by atoms with van der Waals surface area (Å²) in [6.45, 7) is 3.27. The fourth-order valence-electron chi connectivity index (χ4n) is 3.41. The molecule has 0 aromatic heterocycles. The lowest BCUT2D eigenvalue weighted by Gasteiger charge is -2.40. The number of rotatable bonds is 17. The number of unbranched alkanes of at least 4 members (excludes halogenated alkanes) is 5. The summed E-state index contributed by atoms with van der Waals surface area (Å²) in [5.74, 6) is -2.04. The van der Waals surface area contributed by atoms with Gasteiger partial charge in [-0.1, -0.05) is 46.0 Å². The number of hydrogen-bond donors (Lipinski definition) is 4. The Kier molecular flexibility index (Phi) is 14.8. The molecule has 0 aromatic carbocycles. The fraction of sp³-hybridized carbons (Fsp3) is 0.909. The molecule has 1 saturated heterocycles. The van der Waals surface area contributed by atoms with E-state index in [4.69, 9.17) is 23.5 Å². The van der Waals surface area contributed by atoms with Crippen molar-refractivity contribution in [3.8, 4) is 0 Å². The zero-order valence-electron chi connectivity index (χ0n) is 20.4. The molecule has 0 bridgehead atoms. The Morgan fingerprint density at radius 2 is 1.49 bits per heavy atom. The van der Waals surface area contributed by atoms with Crippen LogP contribution < -0.4 is 0 Å². The lowest BCUT2D eigenvalue weighted by atomic mass is 10.00. The first kappa shape index (κ1) is 31.7. The van der Waals surface area contributed by atoms with Crippen molar-refractivity contribution in [3.63, 3.8) is 0 Å². The number of aliphatic hydroxyl groups is 3. The van der Waals surface area contributed by atoms with Crippen LogP contribution in [0.3, 0.4) is 0 Å². The van der Waals surface area contributed by atoms with Crippen LogP contribution in [0.15, 0.2) is 0 Å². The molecule has 1 fully saturated rings. The largest absolute Gasteiger partial charge is 0.462 e. The van der Waals surface area contributed by atoms with Crippen LogP contribution >= 0.6 is 0 Å². The van der Waals surface area contributed by atoms with Crippen LogP contribution in [0.4, 0.5) is 0 Å². The second kappa shape index (κ2) is 16.4. The molecule has 0 unspecified atom stereocenters. The molecule has 1 heterocycles. The van der Waals surface area contributed by atoms with E-state index in [1.54, 1.807) is 0 Å². The molecule has 4 N–H and O–H groups in total. The van der Waals surface area contributed by atoms with E-state index in [0.717, 1.165) is 32.1 Å². The summed E-state index contributed by atoms with van der Waals surface area (Å²) in [5.41, 5.74) is 0. The lowest BCUT2D eigenvalue weighted by Crippen LogP contribution is -2.60. The van der Waals surface area contributed by atoms with Gasteiger partial charge in [0.1, 0.15) is 36.8 Å². The number of aliphatic hydroxyl groups excluding tert-OH is 3. The Morgan fingerprint density at radius 3 is 2.11 bits per heavy atom. The zero-order chi connectivity index (χ0) is 26.4. The molecule has 35 heavy (non-hydrogen) atoms. The lowest BCUT2D eigenvalue weighted by molar-refractivity contribution is -0.297. The Hall–Kier alpha value is -1.35. The first-order chi connectivity index (χ1) is 16.5. The van der Waals surface area contributed by atoms with E-state index < -0.39 is 71.2 Å². The van der Waals surface area contributed by atoms with Crippen LogP contribution in [0.25, 0.3) is 0 Å². The van der Waals surface area contributed by atoms with Gasteiger partial charge < -0.3 is 34.3 Å². The minimum atomic E-state index is -4.57. The fourth-order valence-corrected chi connectivity index (χ4v) is 4.11. The van der Waals surface area contributed by atoms with Crippen LogP contribution in [0.1, 0.15) is 71.6 Å². The molecule has 1 aliphatic heterocycles. The monoisotopic (exact) mass is 528 g/mol. The summed E-state index contributed by atoms with van der Waals surface area (Å²) in [6.07, 6.45) is -3.13. The molecular formula is C22H40O12S. The highest BCUT2D eigenvalue weighted by Crippen LogP contribution is 2.23. The second-order valence-corrected chi connectivity index (χ2v) is 10.2. The van der Waals surface area contributed by atoms with Crippen molar-refractivity contribution in [2.75, 3.05) is 19.0 Å². The molecule has 0 amide bonds. The van der Waals surface area contributed by atoms with Gasteiger partial charge in [-0.25, -0.2) is 0 Å². The van der Waals surface area contributed by atoms with Gasteiger partial charge >= 0.3 is 11.9 Å². The Labute approximate surface area is 206 Å². The van der Waals surface area contributed by atoms with Gasteiger partial charge in [0.2, 0.25) is 0 Å². The van der Waals surface area contributed by atoms with E-state index in [1.165, 1.54) is 0 Å². The molecule has 206 valence electrons. The van der Waals surface area contributed by atoms with Gasteiger partial charge in [-0.05, 0) is 12.8 Å². The van der Waals surface area contributed by atoms with Crippen LogP contribution in [-0.2, 0) is 38.7 Å². The Morgan fingerprint density at radius 1 is 0.857 bits per heavy atom. The van der Waals surface area contributed by atoms with E-state index in [0.29, 0.717) is 12.8 Å². The average Bonchev–Trinajstić information content (AvgIpc) is 2.79. The van der Waals surface area contributed by atoms with Crippen molar-refractivity contribution in [1.29, 1.82) is 0 Å². The summed E-state index contributed by atoms with van der Waals surface area (Å²) < 4.78 is 52.5. The van der Waals surface area contributed by atoms with Gasteiger partial charge in [0, 0.05) is 12.8 Å². The number of hydrogen-bond acceptors (Lipinski definition) is 11. The van der Waals surface area contributed by atoms with E-state index in [2.05, 4.69) is 6.92 Å². The van der Waals surface area contributed by atoms with Crippen LogP contribution in [0.2, 0.25) is 0 Å². The molecule has 0 aromatic rings. The van der Waals surface area contributed by atoms with Gasteiger partial charge in [-0.15, -0.1) is 0 Å². The summed E-state index contributed by atoms with van der Waals surface area (Å²) in [5, 5.41) is 30.1. The van der Waals surface area contributed by atoms with Gasteiger partial charge in [0.25, 0.3) is 10.1 Å². The third-order valence-electron chi connectivity index (χ3n) is 5.44. The molecule has 0 radical (unpaired) electrons. The van der Waals surface area contributed by atoms with Crippen molar-refractivity contribution < 1.29 is 56.8 Å². The highest BCUT2D eigenvalue weighted by molar-refractivity contribution is 7.85. The highest BCUT2D eigenvalue weighted by atomic mass is 32.2. The van der Waals surface area contributed by atoms with E-state index in [1.807, 2.05) is 6.92 Å². The molecule has 6 atom stereocenters. The SMILES string of the molecule is CCCCCCCC(=O)OC[C@H](CO[C@@H]1O[C@H](CS(=O)(=O)O)[C@@H](O)[C@H](O)[C@H]1O)OC(=O)CCCC. The minimum Gasteiger partial charge on any atom is -0.462 e. The third-order valence-corrected chi connectivity index (χ3v) is 6.19. The molecule has 1 rings (SSSR count). The predicted octanol–water partition coefficient (Wildman–Crippen LogP) is 0.704. The standard InChI is InChI=1S/C22H40O12S/c1-3-5-7-8-9-11-17(23)31-12-15(33-18(24)10-6-4-2)13-32-22-21(27)20(26)19(25)16(34-22)14-35(28,29)30/h15-16,19-22,25-27H,3-14H2,1-2H3,(H,28,29,30)/t15-,16-,19-,20+,21-,22-/m1/s1. The number of esters is 2. The van der Waals surface area contributed by atoms with Crippen molar-refractivity contribution >= 4 is 22.1 Å². The van der Waals surface area contributed by atoms with Gasteiger partial charge in [0.05, 0.1) is 6.61 Å². The predicted molar refractivity (Wildman–Crippen MR) is 123 cm³/mol. The summed E-state index contributed by atoms with van der Waals surface area (Å²) >= 11 is 0. The van der Waals surface area contributed by atoms with Gasteiger partial charge in [0.15, 0.2) is 12.4 Å². The Bertz CT molecular complexity index is 728. The topological polar surface area (TPSA) is 186 Å². The van der Waals surface area contributed by atoms with E-state index >= 15 is 0 Å². The summed E-state index contributed by atoms with van der Waals surface area (Å²) in [4.78, 5) is 24.1. The molecule has 0 aliphatic carbocycles. The van der Waals surface area contributed by atoms with Crippen molar-refractivity contribution in [3.05, 3.63) is 0 Å². The van der Waals surface area contributed by atoms with Crippen LogP contribution in [-0.4, -0.2) is 96.0 Å². The van der Waals surface area contributed by atoms with Crippen molar-refractivity contribution in [2.45, 2.75) is 108 Å². The van der Waals surface area contributed by atoms with Gasteiger partial charge in [-0.2, -0.15) is 8.42 Å². The molecular weight excluding hydrogens is 488 g/mol. The first-order valence-corrected chi connectivity index (χ1v) is 13.7. The zero-order valence-corrected chi connectivity index (χ0v) is 21.2. The molecule has 13 heteroatoms. The maximum Gasteiger partial charge on any atom is 0.306 e. The first-order valence-electron chi connectivity index (χ1n) is 12.1. The summed E-state index contributed by atoms with van der Waals surface area (Å²) in [6, 6.07) is 0. The Balaban J connectivity index is 2.70. The number of ether oxygens (including phenoxy) is 4. The molecule has 12 nitrogen and oxygen atoms in total. The summed E-state index contributed by atoms with van der Waals surface area (Å²) in [7, 11) is -4.57. The third kappa shape index (κ3) is 13.0. The smallest absolute Gasteiger partial charge is 0.306 e. The van der Waals surface area contributed by atoms with Crippen molar-refractivity contribution in [1.82, 2.24) is 0 Å². The molecule has 0 spiro atoms. The minimum absolute atomic E-state index is 0.141. The highest BCUT2D eigenvalue weighted by Gasteiger charge is 2.46. The maximum atomic E-state index is 12.1. The van der Waals surface area contributed by atoms with Gasteiger partial charge in [-0.3, -0.25) is 14.1 Å². The van der Waals surface area contributed by atoms with E-state index in [9.17, 15) is 33.3 Å². The van der Waals surface area contributed by atoms with E-state index in [-0.39, 0.29) is 19.4 Å². The molecule has 1 aliphatic rings. The number of carbonyl (C=O) groups excluding carboxylic acids is 2. The van der Waals surface area contributed by atoms with Crippen LogP contribution in [0, 0.1) is 0 Å². The van der Waals surface area contributed by atoms with Crippen LogP contribution in [0.5, 0.6) is 0 Å². The maximum absolute atomic E-state index is 12.1. The molecule has 0 saturated carbocycles. The van der Waals surface area contributed by atoms with Crippen molar-refractivity contribution in [2.24, 2.45) is 0 Å².